The highest BCUT2D eigenvalue weighted by atomic mass is 32.2. The van der Waals surface area contributed by atoms with Crippen molar-refractivity contribution in [2.24, 2.45) is 0 Å². The van der Waals surface area contributed by atoms with Gasteiger partial charge in [-0.2, -0.15) is 5.10 Å². The summed E-state index contributed by atoms with van der Waals surface area (Å²) in [5.41, 5.74) is 2.53. The van der Waals surface area contributed by atoms with Crippen LogP contribution >= 0.6 is 11.8 Å². The van der Waals surface area contributed by atoms with Crippen molar-refractivity contribution in [2.75, 3.05) is 0 Å². The number of hydrogen-bond donors (Lipinski definition) is 1. The molecule has 0 fully saturated rings. The summed E-state index contributed by atoms with van der Waals surface area (Å²) in [5.74, 6) is 0.119. The van der Waals surface area contributed by atoms with Crippen molar-refractivity contribution in [2.45, 2.75) is 43.0 Å². The Balaban J connectivity index is 1.57. The van der Waals surface area contributed by atoms with Gasteiger partial charge >= 0.3 is 0 Å². The summed E-state index contributed by atoms with van der Waals surface area (Å²) >= 11 is 1.67. The molecule has 4 nitrogen and oxygen atoms in total. The summed E-state index contributed by atoms with van der Waals surface area (Å²) in [6.45, 7) is 4.79. The van der Waals surface area contributed by atoms with Crippen molar-refractivity contribution in [1.29, 1.82) is 0 Å². The maximum Gasteiger partial charge on any atom is 0.234 e. The van der Waals surface area contributed by atoms with Crippen LogP contribution in [0.4, 0.5) is 0 Å². The number of carbonyl (C=O) groups is 1. The molecular weight excluding hydrogens is 282 g/mol. The highest BCUT2D eigenvalue weighted by Crippen LogP contribution is 2.37. The number of amides is 1. The fourth-order valence-corrected chi connectivity index (χ4v) is 3.85. The molecule has 2 heterocycles. The van der Waals surface area contributed by atoms with Gasteiger partial charge in [0, 0.05) is 23.3 Å². The van der Waals surface area contributed by atoms with E-state index in [2.05, 4.69) is 35.5 Å². The molecule has 1 amide bonds. The van der Waals surface area contributed by atoms with Crippen LogP contribution in [0, 0.1) is 6.92 Å². The number of benzene rings is 1. The molecule has 1 aliphatic heterocycles. The topological polar surface area (TPSA) is 46.9 Å². The Bertz CT molecular complexity index is 639. The lowest BCUT2D eigenvalue weighted by Gasteiger charge is -2.16. The molecule has 1 aromatic carbocycles. The average Bonchev–Trinajstić information content (AvgIpc) is 3.06. The summed E-state index contributed by atoms with van der Waals surface area (Å²) < 4.78 is 1.84. The molecule has 21 heavy (non-hydrogen) atoms. The zero-order chi connectivity index (χ0) is 14.8. The van der Waals surface area contributed by atoms with E-state index in [1.165, 1.54) is 16.0 Å². The first-order valence-electron chi connectivity index (χ1n) is 7.16. The van der Waals surface area contributed by atoms with E-state index in [4.69, 9.17) is 0 Å². The van der Waals surface area contributed by atoms with Crippen LogP contribution in [-0.4, -0.2) is 27.0 Å². The van der Waals surface area contributed by atoms with Gasteiger partial charge in [-0.15, -0.1) is 11.8 Å². The van der Waals surface area contributed by atoms with Crippen molar-refractivity contribution < 1.29 is 4.79 Å². The molecule has 1 N–H and O–H groups in total. The molecular formula is C16H19N3OS. The number of carbonyl (C=O) groups excluding carboxylic acids is 1. The lowest BCUT2D eigenvalue weighted by atomic mass is 10.1. The lowest BCUT2D eigenvalue weighted by Crippen LogP contribution is -2.40. The molecule has 0 radical (unpaired) electrons. The van der Waals surface area contributed by atoms with Gasteiger partial charge in [0.25, 0.3) is 0 Å². The Hall–Kier alpha value is -1.75. The van der Waals surface area contributed by atoms with Crippen molar-refractivity contribution in [1.82, 2.24) is 15.1 Å². The normalized spacial score (nSPS) is 18.3. The molecule has 0 spiro atoms. The van der Waals surface area contributed by atoms with Crippen LogP contribution in [0.1, 0.15) is 18.1 Å². The monoisotopic (exact) mass is 301 g/mol. The second-order valence-electron chi connectivity index (χ2n) is 5.56. The summed E-state index contributed by atoms with van der Waals surface area (Å²) in [6.07, 6.45) is 4.48. The minimum atomic E-state index is -0.0122. The van der Waals surface area contributed by atoms with Crippen LogP contribution in [0.5, 0.6) is 0 Å². The zero-order valence-corrected chi connectivity index (χ0v) is 13.1. The molecule has 1 aromatic heterocycles. The molecule has 0 bridgehead atoms. The number of thioether (sulfide) groups is 1. The predicted octanol–water partition coefficient (Wildman–Crippen LogP) is 2.41. The average molecular weight is 301 g/mol. The van der Waals surface area contributed by atoms with Gasteiger partial charge < -0.3 is 5.32 Å². The van der Waals surface area contributed by atoms with Crippen molar-refractivity contribution >= 4 is 17.7 Å². The highest BCUT2D eigenvalue weighted by Gasteiger charge is 2.28. The molecule has 110 valence electrons. The maximum atomic E-state index is 12.4. The smallest absolute Gasteiger partial charge is 0.234 e. The highest BCUT2D eigenvalue weighted by molar-refractivity contribution is 8.01. The molecule has 0 aliphatic carbocycles. The summed E-state index contributed by atoms with van der Waals surface area (Å²) in [7, 11) is 0. The van der Waals surface area contributed by atoms with Crippen molar-refractivity contribution in [3.05, 3.63) is 47.8 Å². The van der Waals surface area contributed by atoms with Gasteiger partial charge in [-0.25, -0.2) is 0 Å². The summed E-state index contributed by atoms with van der Waals surface area (Å²) in [5, 5.41) is 7.24. The molecule has 2 atom stereocenters. The largest absolute Gasteiger partial charge is 0.351 e. The van der Waals surface area contributed by atoms with E-state index in [1.54, 1.807) is 18.0 Å². The standard InChI is InChI=1S/C16H19N3OS/c1-11-4-5-13-9-15(21-14(13)8-11)16(20)18-12(2)10-19-7-3-6-17-19/h3-8,12,15H,9-10H2,1-2H3,(H,18,20)/t12-,15-/m1/s1. The number of nitrogens with one attached hydrogen (secondary N) is 1. The van der Waals surface area contributed by atoms with Crippen molar-refractivity contribution in [3.8, 4) is 0 Å². The van der Waals surface area contributed by atoms with E-state index in [0.29, 0.717) is 6.54 Å². The minimum Gasteiger partial charge on any atom is -0.351 e. The van der Waals surface area contributed by atoms with Crippen LogP contribution in [0.3, 0.4) is 0 Å². The molecule has 5 heteroatoms. The molecule has 3 rings (SSSR count). The Labute approximate surface area is 128 Å². The second kappa shape index (κ2) is 5.93. The number of nitrogens with zero attached hydrogens (tertiary/aromatic N) is 2. The van der Waals surface area contributed by atoms with E-state index >= 15 is 0 Å². The molecule has 2 aromatic rings. The predicted molar refractivity (Wildman–Crippen MR) is 84.4 cm³/mol. The molecule has 1 aliphatic rings. The van der Waals surface area contributed by atoms with Crippen LogP contribution in [-0.2, 0) is 17.8 Å². The third-order valence-electron chi connectivity index (χ3n) is 3.60. The van der Waals surface area contributed by atoms with E-state index in [-0.39, 0.29) is 17.2 Å². The fourth-order valence-electron chi connectivity index (χ4n) is 2.55. The van der Waals surface area contributed by atoms with E-state index in [0.717, 1.165) is 6.42 Å². The third-order valence-corrected chi connectivity index (χ3v) is 4.90. The summed E-state index contributed by atoms with van der Waals surface area (Å²) in [6, 6.07) is 8.38. The van der Waals surface area contributed by atoms with E-state index in [9.17, 15) is 4.79 Å². The lowest BCUT2D eigenvalue weighted by molar-refractivity contribution is -0.121. The number of aryl methyl sites for hydroxylation is 1. The van der Waals surface area contributed by atoms with E-state index in [1.807, 2.05) is 23.9 Å². The Morgan fingerprint density at radius 1 is 1.57 bits per heavy atom. The first-order valence-corrected chi connectivity index (χ1v) is 8.04. The van der Waals surface area contributed by atoms with Gasteiger partial charge in [-0.05, 0) is 38.0 Å². The van der Waals surface area contributed by atoms with Gasteiger partial charge in [0.15, 0.2) is 0 Å². The van der Waals surface area contributed by atoms with Gasteiger partial charge in [0.2, 0.25) is 5.91 Å². The summed E-state index contributed by atoms with van der Waals surface area (Å²) in [4.78, 5) is 13.6. The van der Waals surface area contributed by atoms with Crippen LogP contribution < -0.4 is 5.32 Å². The third kappa shape index (κ3) is 3.29. The van der Waals surface area contributed by atoms with Gasteiger partial charge in [0.1, 0.15) is 0 Å². The Morgan fingerprint density at radius 2 is 2.43 bits per heavy atom. The van der Waals surface area contributed by atoms with Crippen LogP contribution in [0.2, 0.25) is 0 Å². The SMILES string of the molecule is Cc1ccc2c(c1)S[C@@H](C(=O)N[C@H](C)Cn1cccn1)C2. The molecule has 0 saturated carbocycles. The second-order valence-corrected chi connectivity index (χ2v) is 6.80. The van der Waals surface area contributed by atoms with Crippen LogP contribution in [0.25, 0.3) is 0 Å². The van der Waals surface area contributed by atoms with Crippen molar-refractivity contribution in [3.63, 3.8) is 0 Å². The van der Waals surface area contributed by atoms with Gasteiger partial charge in [-0.3, -0.25) is 9.48 Å². The van der Waals surface area contributed by atoms with Crippen LogP contribution in [0.15, 0.2) is 41.6 Å². The first kappa shape index (κ1) is 14.2. The number of rotatable bonds is 4. The molecule has 0 saturated heterocycles. The number of fused-ring (bicyclic) bond motifs is 1. The first-order chi connectivity index (χ1) is 10.1. The van der Waals surface area contributed by atoms with E-state index < -0.39 is 0 Å². The Morgan fingerprint density at radius 3 is 3.19 bits per heavy atom. The zero-order valence-electron chi connectivity index (χ0n) is 12.2. The molecule has 0 unspecified atom stereocenters. The minimum absolute atomic E-state index is 0.0122. The quantitative estimate of drug-likeness (QED) is 0.943. The van der Waals surface area contributed by atoms with Gasteiger partial charge in [-0.1, -0.05) is 17.7 Å². The number of hydrogen-bond acceptors (Lipinski definition) is 3. The Kier molecular flexibility index (Phi) is 4.01. The fraction of sp³-hybridized carbons (Fsp3) is 0.375. The number of aromatic nitrogens is 2. The van der Waals surface area contributed by atoms with Gasteiger partial charge in [0.05, 0.1) is 11.8 Å². The maximum absolute atomic E-state index is 12.4.